The van der Waals surface area contributed by atoms with Crippen LogP contribution in [-0.2, 0) is 10.0 Å². The van der Waals surface area contributed by atoms with Crippen LogP contribution in [0.2, 0.25) is 0 Å². The molecule has 2 N–H and O–H groups in total. The van der Waals surface area contributed by atoms with Crippen molar-refractivity contribution in [1.29, 1.82) is 0 Å². The fourth-order valence-corrected chi connectivity index (χ4v) is 2.73. The third kappa shape index (κ3) is 4.40. The first-order valence-electron chi connectivity index (χ1n) is 5.04. The third-order valence-corrected chi connectivity index (χ3v) is 3.86. The lowest BCUT2D eigenvalue weighted by atomic mass is 10.5. The zero-order valence-corrected chi connectivity index (χ0v) is 10.4. The van der Waals surface area contributed by atoms with Gasteiger partial charge in [0.1, 0.15) is 17.3 Å². The molecule has 0 atom stereocenters. The van der Waals surface area contributed by atoms with E-state index in [0.717, 1.165) is 12.4 Å². The highest BCUT2D eigenvalue weighted by atomic mass is 32.2. The highest BCUT2D eigenvalue weighted by Gasteiger charge is 2.36. The zero-order valence-electron chi connectivity index (χ0n) is 9.56. The van der Waals surface area contributed by atoms with E-state index in [1.807, 2.05) is 0 Å². The maximum absolute atomic E-state index is 12.9. The normalized spacial score (nSPS) is 12.9. The molecular formula is C9H11F4N3O2S. The van der Waals surface area contributed by atoms with Crippen molar-refractivity contribution in [3.63, 3.8) is 0 Å². The lowest BCUT2D eigenvalue weighted by molar-refractivity contribution is -0.136. The SMILES string of the molecule is NCCN(CC(F)(F)F)S(=O)(=O)c1cncc(F)c1. The molecule has 1 aromatic rings. The molecular weight excluding hydrogens is 290 g/mol. The van der Waals surface area contributed by atoms with Crippen molar-refractivity contribution in [3.8, 4) is 0 Å². The Morgan fingerprint density at radius 3 is 2.42 bits per heavy atom. The standard InChI is InChI=1S/C9H11F4N3O2S/c10-7-3-8(5-15-4-7)19(17,18)16(2-1-14)6-9(11,12)13/h3-5H,1-2,6,14H2. The first-order chi connectivity index (χ1) is 8.66. The summed E-state index contributed by atoms with van der Waals surface area (Å²) in [5.74, 6) is -0.958. The molecule has 10 heteroatoms. The Kier molecular flexibility index (Phi) is 4.82. The number of sulfonamides is 1. The molecule has 5 nitrogen and oxygen atoms in total. The molecule has 0 saturated heterocycles. The van der Waals surface area contributed by atoms with Gasteiger partial charge in [0, 0.05) is 19.3 Å². The maximum atomic E-state index is 12.9. The van der Waals surface area contributed by atoms with Gasteiger partial charge in [0.15, 0.2) is 0 Å². The van der Waals surface area contributed by atoms with Crippen molar-refractivity contribution >= 4 is 10.0 Å². The molecule has 108 valence electrons. The van der Waals surface area contributed by atoms with Crippen LogP contribution in [0.5, 0.6) is 0 Å². The number of nitrogens with zero attached hydrogens (tertiary/aromatic N) is 2. The summed E-state index contributed by atoms with van der Waals surface area (Å²) < 4.78 is 73.8. The molecule has 0 aliphatic carbocycles. The van der Waals surface area contributed by atoms with Crippen LogP contribution in [-0.4, -0.2) is 43.5 Å². The predicted molar refractivity (Wildman–Crippen MR) is 58.1 cm³/mol. The molecule has 0 fully saturated rings. The Morgan fingerprint density at radius 1 is 1.32 bits per heavy atom. The van der Waals surface area contributed by atoms with Crippen LogP contribution in [0.15, 0.2) is 23.4 Å². The Labute approximate surface area is 107 Å². The summed E-state index contributed by atoms with van der Waals surface area (Å²) in [7, 11) is -4.49. The van der Waals surface area contributed by atoms with E-state index in [0.29, 0.717) is 6.07 Å². The van der Waals surface area contributed by atoms with Gasteiger partial charge in [-0.15, -0.1) is 0 Å². The van der Waals surface area contributed by atoms with Crippen LogP contribution in [0.3, 0.4) is 0 Å². The number of hydrogen-bond acceptors (Lipinski definition) is 4. The maximum Gasteiger partial charge on any atom is 0.402 e. The van der Waals surface area contributed by atoms with Crippen molar-refractivity contribution in [1.82, 2.24) is 9.29 Å². The minimum atomic E-state index is -4.72. The zero-order chi connectivity index (χ0) is 14.7. The Hall–Kier alpha value is -1.26. The Bertz CT molecular complexity index is 533. The first kappa shape index (κ1) is 15.8. The lowest BCUT2D eigenvalue weighted by Crippen LogP contribution is -2.41. The number of pyridine rings is 1. The Morgan fingerprint density at radius 2 is 1.95 bits per heavy atom. The molecule has 0 unspecified atom stereocenters. The van der Waals surface area contributed by atoms with E-state index in [1.165, 1.54) is 0 Å². The van der Waals surface area contributed by atoms with Gasteiger partial charge in [-0.3, -0.25) is 4.98 Å². The van der Waals surface area contributed by atoms with E-state index in [9.17, 15) is 26.0 Å². The van der Waals surface area contributed by atoms with Crippen LogP contribution >= 0.6 is 0 Å². The molecule has 0 aliphatic rings. The molecule has 1 rings (SSSR count). The summed E-state index contributed by atoms with van der Waals surface area (Å²) >= 11 is 0. The third-order valence-electron chi connectivity index (χ3n) is 2.05. The van der Waals surface area contributed by atoms with E-state index >= 15 is 0 Å². The average Bonchev–Trinajstić information content (AvgIpc) is 2.26. The second-order valence-electron chi connectivity index (χ2n) is 3.58. The lowest BCUT2D eigenvalue weighted by Gasteiger charge is -2.22. The van der Waals surface area contributed by atoms with E-state index in [1.54, 1.807) is 0 Å². The fourth-order valence-electron chi connectivity index (χ4n) is 1.31. The molecule has 0 saturated carbocycles. The molecule has 0 spiro atoms. The minimum absolute atomic E-state index is 0.142. The van der Waals surface area contributed by atoms with E-state index in [4.69, 9.17) is 5.73 Å². The van der Waals surface area contributed by atoms with Crippen LogP contribution < -0.4 is 5.73 Å². The molecule has 1 aromatic heterocycles. The molecule has 0 aliphatic heterocycles. The summed E-state index contributed by atoms with van der Waals surface area (Å²) in [5.41, 5.74) is 5.09. The van der Waals surface area contributed by atoms with Crippen molar-refractivity contribution < 1.29 is 26.0 Å². The topological polar surface area (TPSA) is 76.3 Å². The second-order valence-corrected chi connectivity index (χ2v) is 5.52. The average molecular weight is 301 g/mol. The number of aromatic nitrogens is 1. The molecule has 0 amide bonds. The monoisotopic (exact) mass is 301 g/mol. The summed E-state index contributed by atoms with van der Waals surface area (Å²) in [4.78, 5) is 2.65. The van der Waals surface area contributed by atoms with Gasteiger partial charge in [-0.25, -0.2) is 12.8 Å². The van der Waals surface area contributed by atoms with Crippen molar-refractivity contribution in [2.75, 3.05) is 19.6 Å². The summed E-state index contributed by atoms with van der Waals surface area (Å²) in [5, 5.41) is 0. The smallest absolute Gasteiger partial charge is 0.329 e. The van der Waals surface area contributed by atoms with Crippen LogP contribution in [0.4, 0.5) is 17.6 Å². The van der Waals surface area contributed by atoms with E-state index < -0.39 is 40.0 Å². The predicted octanol–water partition coefficient (Wildman–Crippen LogP) is 0.732. The van der Waals surface area contributed by atoms with Crippen molar-refractivity contribution in [3.05, 3.63) is 24.3 Å². The number of hydrogen-bond donors (Lipinski definition) is 1. The van der Waals surface area contributed by atoms with E-state index in [-0.39, 0.29) is 10.8 Å². The van der Waals surface area contributed by atoms with Gasteiger partial charge in [-0.1, -0.05) is 0 Å². The summed E-state index contributed by atoms with van der Waals surface area (Å²) in [6.07, 6.45) is -3.20. The number of alkyl halides is 3. The molecule has 1 heterocycles. The largest absolute Gasteiger partial charge is 0.402 e. The molecule has 19 heavy (non-hydrogen) atoms. The number of nitrogens with two attached hydrogens (primary N) is 1. The van der Waals surface area contributed by atoms with Crippen LogP contribution in [0, 0.1) is 5.82 Å². The Balaban J connectivity index is 3.13. The molecule has 0 radical (unpaired) electrons. The minimum Gasteiger partial charge on any atom is -0.329 e. The van der Waals surface area contributed by atoms with Gasteiger partial charge in [-0.2, -0.15) is 17.5 Å². The van der Waals surface area contributed by atoms with Crippen molar-refractivity contribution in [2.45, 2.75) is 11.1 Å². The summed E-state index contributed by atoms with van der Waals surface area (Å²) in [6, 6.07) is 0.599. The van der Waals surface area contributed by atoms with Gasteiger partial charge >= 0.3 is 6.18 Å². The van der Waals surface area contributed by atoms with Gasteiger partial charge in [0.25, 0.3) is 0 Å². The van der Waals surface area contributed by atoms with Crippen LogP contribution in [0.1, 0.15) is 0 Å². The highest BCUT2D eigenvalue weighted by molar-refractivity contribution is 7.89. The highest BCUT2D eigenvalue weighted by Crippen LogP contribution is 2.22. The van der Waals surface area contributed by atoms with Gasteiger partial charge < -0.3 is 5.73 Å². The van der Waals surface area contributed by atoms with Gasteiger partial charge in [0.05, 0.1) is 6.20 Å². The van der Waals surface area contributed by atoms with Crippen molar-refractivity contribution in [2.24, 2.45) is 5.73 Å². The quantitative estimate of drug-likeness (QED) is 0.814. The number of rotatable bonds is 5. The molecule has 0 bridgehead atoms. The second kappa shape index (κ2) is 5.80. The van der Waals surface area contributed by atoms with Gasteiger partial charge in [0.2, 0.25) is 10.0 Å². The molecule has 0 aromatic carbocycles. The van der Waals surface area contributed by atoms with E-state index in [2.05, 4.69) is 4.98 Å². The number of halogens is 4. The fraction of sp³-hybridized carbons (Fsp3) is 0.444. The first-order valence-corrected chi connectivity index (χ1v) is 6.48. The van der Waals surface area contributed by atoms with Gasteiger partial charge in [-0.05, 0) is 6.07 Å². The van der Waals surface area contributed by atoms with Crippen LogP contribution in [0.25, 0.3) is 0 Å². The summed E-state index contributed by atoms with van der Waals surface area (Å²) in [6.45, 7) is -2.51.